The maximum absolute atomic E-state index is 12.1. The minimum Gasteiger partial charge on any atom is -0.345 e. The number of hydrogen-bond donors (Lipinski definition) is 1. The summed E-state index contributed by atoms with van der Waals surface area (Å²) in [4.78, 5) is 12.1. The van der Waals surface area contributed by atoms with Crippen LogP contribution in [0.1, 0.15) is 27.5 Å². The van der Waals surface area contributed by atoms with Gasteiger partial charge in [0.15, 0.2) is 0 Å². The van der Waals surface area contributed by atoms with Crippen LogP contribution in [-0.2, 0) is 6.42 Å². The van der Waals surface area contributed by atoms with Crippen LogP contribution >= 0.6 is 15.9 Å². The van der Waals surface area contributed by atoms with Gasteiger partial charge in [-0.2, -0.15) is 0 Å². The van der Waals surface area contributed by atoms with Crippen molar-refractivity contribution in [2.75, 3.05) is 0 Å². The number of hydrogen-bond acceptors (Lipinski definition) is 1. The van der Waals surface area contributed by atoms with Gasteiger partial charge in [-0.05, 0) is 35.7 Å². The van der Waals surface area contributed by atoms with Gasteiger partial charge in [0, 0.05) is 10.0 Å². The molecule has 2 aromatic rings. The molecule has 0 spiro atoms. The summed E-state index contributed by atoms with van der Waals surface area (Å²) in [6.45, 7) is 0. The van der Waals surface area contributed by atoms with Gasteiger partial charge in [-0.15, -0.1) is 0 Å². The first-order valence-corrected chi connectivity index (χ1v) is 6.67. The van der Waals surface area contributed by atoms with E-state index in [1.165, 1.54) is 0 Å². The first-order valence-electron chi connectivity index (χ1n) is 5.88. The van der Waals surface area contributed by atoms with Crippen molar-refractivity contribution in [3.05, 3.63) is 69.7 Å². The Morgan fingerprint density at radius 3 is 2.67 bits per heavy atom. The molecule has 3 rings (SSSR count). The van der Waals surface area contributed by atoms with Crippen LogP contribution in [0.5, 0.6) is 0 Å². The van der Waals surface area contributed by atoms with Crippen molar-refractivity contribution in [2.24, 2.45) is 0 Å². The van der Waals surface area contributed by atoms with Gasteiger partial charge in [0.05, 0.1) is 6.04 Å². The highest BCUT2D eigenvalue weighted by atomic mass is 79.9. The summed E-state index contributed by atoms with van der Waals surface area (Å²) >= 11 is 3.45. The standard InChI is InChI=1S/C15H12BrNO/c16-12-6-7-13-11(8-12)9-14(17-15(13)18)10-4-2-1-3-5-10/h1-8,14H,9H2,(H,17,18). The largest absolute Gasteiger partial charge is 0.345 e. The van der Waals surface area contributed by atoms with E-state index in [2.05, 4.69) is 21.2 Å². The molecule has 0 aliphatic carbocycles. The molecule has 1 aliphatic heterocycles. The molecule has 2 aromatic carbocycles. The molecule has 0 saturated heterocycles. The Balaban J connectivity index is 1.98. The van der Waals surface area contributed by atoms with Crippen molar-refractivity contribution >= 4 is 21.8 Å². The molecule has 2 nitrogen and oxygen atoms in total. The van der Waals surface area contributed by atoms with Crippen molar-refractivity contribution < 1.29 is 4.79 Å². The molecule has 1 atom stereocenters. The highest BCUT2D eigenvalue weighted by Gasteiger charge is 2.24. The fourth-order valence-electron chi connectivity index (χ4n) is 2.35. The summed E-state index contributed by atoms with van der Waals surface area (Å²) in [5.74, 6) is 0.0117. The van der Waals surface area contributed by atoms with Gasteiger partial charge < -0.3 is 5.32 Å². The van der Waals surface area contributed by atoms with Crippen LogP contribution in [0.4, 0.5) is 0 Å². The highest BCUT2D eigenvalue weighted by molar-refractivity contribution is 9.10. The van der Waals surface area contributed by atoms with Crippen LogP contribution in [0.2, 0.25) is 0 Å². The van der Waals surface area contributed by atoms with Gasteiger partial charge >= 0.3 is 0 Å². The Morgan fingerprint density at radius 2 is 1.89 bits per heavy atom. The lowest BCUT2D eigenvalue weighted by Crippen LogP contribution is -2.35. The van der Waals surface area contributed by atoms with E-state index in [9.17, 15) is 4.79 Å². The average Bonchev–Trinajstić information content (AvgIpc) is 2.39. The molecule has 18 heavy (non-hydrogen) atoms. The van der Waals surface area contributed by atoms with Crippen molar-refractivity contribution in [3.63, 3.8) is 0 Å². The maximum Gasteiger partial charge on any atom is 0.252 e. The molecular formula is C15H12BrNO. The van der Waals surface area contributed by atoms with E-state index in [0.29, 0.717) is 0 Å². The zero-order valence-corrected chi connectivity index (χ0v) is 11.3. The number of carbonyl (C=O) groups is 1. The zero-order chi connectivity index (χ0) is 12.5. The second-order valence-electron chi connectivity index (χ2n) is 4.44. The van der Waals surface area contributed by atoms with E-state index in [1.54, 1.807) is 0 Å². The molecule has 0 bridgehead atoms. The van der Waals surface area contributed by atoms with Gasteiger partial charge in [0.25, 0.3) is 5.91 Å². The monoisotopic (exact) mass is 301 g/mol. The molecule has 1 amide bonds. The van der Waals surface area contributed by atoms with Crippen LogP contribution < -0.4 is 5.32 Å². The molecule has 0 aromatic heterocycles. The summed E-state index contributed by atoms with van der Waals surface area (Å²) in [5.41, 5.74) is 3.03. The molecule has 0 fully saturated rings. The Hall–Kier alpha value is -1.61. The molecular weight excluding hydrogens is 290 g/mol. The third-order valence-electron chi connectivity index (χ3n) is 3.24. The van der Waals surface area contributed by atoms with E-state index in [1.807, 2.05) is 48.5 Å². The summed E-state index contributed by atoms with van der Waals surface area (Å²) < 4.78 is 1.02. The van der Waals surface area contributed by atoms with Crippen LogP contribution in [-0.4, -0.2) is 5.91 Å². The Bertz CT molecular complexity index is 595. The lowest BCUT2D eigenvalue weighted by Gasteiger charge is -2.26. The predicted molar refractivity (Wildman–Crippen MR) is 74.5 cm³/mol. The van der Waals surface area contributed by atoms with Crippen molar-refractivity contribution in [1.82, 2.24) is 5.32 Å². The van der Waals surface area contributed by atoms with Crippen molar-refractivity contribution in [1.29, 1.82) is 0 Å². The molecule has 1 N–H and O–H groups in total. The summed E-state index contributed by atoms with van der Waals surface area (Å²) in [5, 5.41) is 3.05. The van der Waals surface area contributed by atoms with Crippen LogP contribution in [0, 0.1) is 0 Å². The minimum atomic E-state index is 0.0117. The molecule has 0 radical (unpaired) electrons. The molecule has 3 heteroatoms. The van der Waals surface area contributed by atoms with Crippen LogP contribution in [0.15, 0.2) is 53.0 Å². The number of fused-ring (bicyclic) bond motifs is 1. The van der Waals surface area contributed by atoms with Crippen molar-refractivity contribution in [2.45, 2.75) is 12.5 Å². The normalized spacial score (nSPS) is 18.1. The molecule has 1 aliphatic rings. The number of rotatable bonds is 1. The number of carbonyl (C=O) groups excluding carboxylic acids is 1. The van der Waals surface area contributed by atoms with Crippen molar-refractivity contribution in [3.8, 4) is 0 Å². The van der Waals surface area contributed by atoms with Crippen LogP contribution in [0.3, 0.4) is 0 Å². The Kier molecular flexibility index (Phi) is 2.92. The number of amides is 1. The second kappa shape index (κ2) is 4.58. The van der Waals surface area contributed by atoms with Gasteiger partial charge in [-0.1, -0.05) is 46.3 Å². The van der Waals surface area contributed by atoms with Gasteiger partial charge in [-0.25, -0.2) is 0 Å². The summed E-state index contributed by atoms with van der Waals surface area (Å²) in [6.07, 6.45) is 0.838. The third kappa shape index (κ3) is 2.06. The number of halogens is 1. The van der Waals surface area contributed by atoms with Crippen LogP contribution in [0.25, 0.3) is 0 Å². The lowest BCUT2D eigenvalue weighted by molar-refractivity contribution is 0.0925. The van der Waals surface area contributed by atoms with Gasteiger partial charge in [0.2, 0.25) is 0 Å². The first-order chi connectivity index (χ1) is 8.74. The first kappa shape index (κ1) is 11.5. The molecule has 1 heterocycles. The summed E-state index contributed by atoms with van der Waals surface area (Å²) in [7, 11) is 0. The van der Waals surface area contributed by atoms with E-state index >= 15 is 0 Å². The lowest BCUT2D eigenvalue weighted by atomic mass is 9.91. The fraction of sp³-hybridized carbons (Fsp3) is 0.133. The van der Waals surface area contributed by atoms with E-state index in [4.69, 9.17) is 0 Å². The topological polar surface area (TPSA) is 29.1 Å². The average molecular weight is 302 g/mol. The SMILES string of the molecule is O=C1NC(c2ccccc2)Cc2cc(Br)ccc21. The van der Waals surface area contributed by atoms with E-state index in [-0.39, 0.29) is 11.9 Å². The Labute approximate surface area is 114 Å². The smallest absolute Gasteiger partial charge is 0.252 e. The Morgan fingerprint density at radius 1 is 1.11 bits per heavy atom. The van der Waals surface area contributed by atoms with Gasteiger partial charge in [-0.3, -0.25) is 4.79 Å². The number of nitrogens with one attached hydrogen (secondary N) is 1. The maximum atomic E-state index is 12.1. The molecule has 90 valence electrons. The third-order valence-corrected chi connectivity index (χ3v) is 3.74. The fourth-order valence-corrected chi connectivity index (χ4v) is 2.75. The zero-order valence-electron chi connectivity index (χ0n) is 9.69. The number of benzene rings is 2. The minimum absolute atomic E-state index is 0.0117. The summed E-state index contributed by atoms with van der Waals surface area (Å²) in [6, 6.07) is 16.0. The van der Waals surface area contributed by atoms with Gasteiger partial charge in [0.1, 0.15) is 0 Å². The quantitative estimate of drug-likeness (QED) is 0.858. The highest BCUT2D eigenvalue weighted by Crippen LogP contribution is 2.27. The molecule has 0 saturated carbocycles. The van der Waals surface area contributed by atoms with E-state index < -0.39 is 0 Å². The van der Waals surface area contributed by atoms with E-state index in [0.717, 1.165) is 27.6 Å². The second-order valence-corrected chi connectivity index (χ2v) is 5.36. The predicted octanol–water partition coefficient (Wildman–Crippen LogP) is 3.48. The molecule has 1 unspecified atom stereocenters.